The maximum Gasteiger partial charge on any atom is 0.222 e. The molecule has 5 rings (SSSR count). The molecule has 0 radical (unpaired) electrons. The molecule has 1 fully saturated rings. The first-order valence-corrected chi connectivity index (χ1v) is 10.4. The molecule has 2 aromatic carbocycles. The summed E-state index contributed by atoms with van der Waals surface area (Å²) in [6.07, 6.45) is 1.54. The number of likely N-dealkylation sites (tertiary alicyclic amines) is 1. The van der Waals surface area contributed by atoms with Crippen molar-refractivity contribution in [1.29, 1.82) is 0 Å². The lowest BCUT2D eigenvalue weighted by Gasteiger charge is -2.15. The average molecular weight is 418 g/mol. The molecule has 1 amide bonds. The van der Waals surface area contributed by atoms with E-state index < -0.39 is 0 Å². The number of hydrogen-bond donors (Lipinski definition) is 0. The molecule has 0 unspecified atom stereocenters. The number of amides is 1. The summed E-state index contributed by atoms with van der Waals surface area (Å²) in [6, 6.07) is 19.7. The van der Waals surface area contributed by atoms with E-state index in [0.29, 0.717) is 35.9 Å². The number of benzene rings is 2. The molecule has 6 nitrogen and oxygen atoms in total. The van der Waals surface area contributed by atoms with Crippen LogP contribution in [0.4, 0.5) is 0 Å². The topological polar surface area (TPSA) is 63.9 Å². The number of halogens is 1. The number of fused-ring (bicyclic) bond motifs is 1. The van der Waals surface area contributed by atoms with E-state index in [-0.39, 0.29) is 5.91 Å². The van der Waals surface area contributed by atoms with Crippen LogP contribution >= 0.6 is 11.6 Å². The summed E-state index contributed by atoms with van der Waals surface area (Å²) >= 11 is 6.87. The van der Waals surface area contributed by atoms with Crippen molar-refractivity contribution in [2.24, 2.45) is 0 Å². The van der Waals surface area contributed by atoms with Gasteiger partial charge in [0.15, 0.2) is 5.65 Å². The maximum absolute atomic E-state index is 12.0. The van der Waals surface area contributed by atoms with Crippen molar-refractivity contribution < 1.29 is 4.79 Å². The highest BCUT2D eigenvalue weighted by molar-refractivity contribution is 6.38. The fourth-order valence-electron chi connectivity index (χ4n) is 3.91. The Balaban J connectivity index is 1.63. The van der Waals surface area contributed by atoms with Crippen LogP contribution in [0.3, 0.4) is 0 Å². The number of rotatable bonds is 5. The van der Waals surface area contributed by atoms with Gasteiger partial charge in [0.1, 0.15) is 11.4 Å². The molecule has 150 valence electrons. The van der Waals surface area contributed by atoms with Crippen LogP contribution in [0.1, 0.15) is 12.8 Å². The maximum atomic E-state index is 12.0. The lowest BCUT2D eigenvalue weighted by Crippen LogP contribution is -2.28. The first-order chi connectivity index (χ1) is 14.7. The predicted octanol–water partition coefficient (Wildman–Crippen LogP) is 4.44. The van der Waals surface area contributed by atoms with Crippen LogP contribution in [0.25, 0.3) is 33.5 Å². The molecular weight excluding hydrogens is 398 g/mol. The summed E-state index contributed by atoms with van der Waals surface area (Å²) < 4.78 is 1.82. The number of carbonyl (C=O) groups excluding carboxylic acids is 1. The van der Waals surface area contributed by atoms with Gasteiger partial charge in [-0.05, 0) is 6.42 Å². The summed E-state index contributed by atoms with van der Waals surface area (Å²) in [5.74, 6) is 0.199. The molecule has 0 bridgehead atoms. The number of hydrogen-bond acceptors (Lipinski definition) is 4. The summed E-state index contributed by atoms with van der Waals surface area (Å²) in [5, 5.41) is 15.1. The van der Waals surface area contributed by atoms with Crippen molar-refractivity contribution in [3.05, 3.63) is 65.7 Å². The van der Waals surface area contributed by atoms with E-state index in [0.717, 1.165) is 35.2 Å². The lowest BCUT2D eigenvalue weighted by molar-refractivity contribution is -0.127. The Kier molecular flexibility index (Phi) is 4.93. The third-order valence-electron chi connectivity index (χ3n) is 5.45. The van der Waals surface area contributed by atoms with Crippen molar-refractivity contribution in [2.45, 2.75) is 19.4 Å². The van der Waals surface area contributed by atoms with Crippen LogP contribution in [0.5, 0.6) is 0 Å². The van der Waals surface area contributed by atoms with E-state index in [9.17, 15) is 4.79 Å². The highest BCUT2D eigenvalue weighted by Gasteiger charge is 2.23. The Morgan fingerprint density at radius 3 is 2.17 bits per heavy atom. The highest BCUT2D eigenvalue weighted by Crippen LogP contribution is 2.37. The third-order valence-corrected chi connectivity index (χ3v) is 5.81. The largest absolute Gasteiger partial charge is 0.341 e. The van der Waals surface area contributed by atoms with Crippen LogP contribution in [-0.2, 0) is 11.3 Å². The van der Waals surface area contributed by atoms with Crippen LogP contribution in [-0.4, -0.2) is 43.9 Å². The quantitative estimate of drug-likeness (QED) is 0.481. The van der Waals surface area contributed by atoms with E-state index in [1.165, 1.54) is 0 Å². The molecule has 4 aromatic rings. The van der Waals surface area contributed by atoms with Crippen molar-refractivity contribution >= 4 is 28.5 Å². The molecular formula is C23H20ClN5O. The molecule has 1 aliphatic heterocycles. The molecule has 2 aromatic heterocycles. The van der Waals surface area contributed by atoms with Crippen LogP contribution in [0.2, 0.25) is 5.02 Å². The van der Waals surface area contributed by atoms with Gasteiger partial charge in [-0.15, -0.1) is 10.2 Å². The molecule has 0 N–H and O–H groups in total. The van der Waals surface area contributed by atoms with Crippen LogP contribution in [0.15, 0.2) is 60.7 Å². The highest BCUT2D eigenvalue weighted by atomic mass is 35.5. The Bertz CT molecular complexity index is 1210. The Hall–Kier alpha value is -3.25. The van der Waals surface area contributed by atoms with Gasteiger partial charge in [0.05, 0.1) is 17.0 Å². The van der Waals surface area contributed by atoms with Crippen molar-refractivity contribution in [3.63, 3.8) is 0 Å². The molecule has 3 heterocycles. The Morgan fingerprint density at radius 2 is 1.53 bits per heavy atom. The zero-order valence-corrected chi connectivity index (χ0v) is 17.1. The van der Waals surface area contributed by atoms with E-state index >= 15 is 0 Å². The summed E-state index contributed by atoms with van der Waals surface area (Å²) in [7, 11) is 0. The van der Waals surface area contributed by atoms with Crippen molar-refractivity contribution in [2.75, 3.05) is 13.1 Å². The molecule has 0 aliphatic carbocycles. The van der Waals surface area contributed by atoms with Gasteiger partial charge in [-0.1, -0.05) is 72.3 Å². The summed E-state index contributed by atoms with van der Waals surface area (Å²) in [4.78, 5) is 13.9. The first-order valence-electron chi connectivity index (χ1n) is 10.0. The van der Waals surface area contributed by atoms with E-state index in [1.54, 1.807) is 0 Å². The molecule has 30 heavy (non-hydrogen) atoms. The lowest BCUT2D eigenvalue weighted by atomic mass is 10.1. The van der Waals surface area contributed by atoms with Crippen molar-refractivity contribution in [1.82, 2.24) is 24.9 Å². The smallest absolute Gasteiger partial charge is 0.222 e. The normalized spacial score (nSPS) is 14.0. The van der Waals surface area contributed by atoms with Gasteiger partial charge in [-0.25, -0.2) is 4.68 Å². The minimum Gasteiger partial charge on any atom is -0.341 e. The van der Waals surface area contributed by atoms with E-state index in [1.807, 2.05) is 70.2 Å². The van der Waals surface area contributed by atoms with Gasteiger partial charge >= 0.3 is 0 Å². The SMILES string of the molecule is O=C1CCCN1CCn1nc(-c2ccccc2)c2c(Cl)c(-c3ccccc3)nnc21. The van der Waals surface area contributed by atoms with Crippen LogP contribution < -0.4 is 0 Å². The second-order valence-corrected chi connectivity index (χ2v) is 7.73. The fourth-order valence-corrected chi connectivity index (χ4v) is 4.23. The van der Waals surface area contributed by atoms with Crippen molar-refractivity contribution in [3.8, 4) is 22.5 Å². The standard InChI is InChI=1S/C23H20ClN5O/c24-20-19-21(16-8-3-1-4-9-16)27-29(15-14-28-13-7-12-18(28)30)23(19)26-25-22(20)17-10-5-2-6-11-17/h1-6,8-11H,7,12-15H2. The number of nitrogens with zero attached hydrogens (tertiary/aromatic N) is 5. The van der Waals surface area contributed by atoms with Gasteiger partial charge in [0, 0.05) is 30.6 Å². The number of aromatic nitrogens is 4. The molecule has 7 heteroatoms. The molecule has 1 aliphatic rings. The second kappa shape index (κ2) is 7.88. The Morgan fingerprint density at radius 1 is 0.867 bits per heavy atom. The predicted molar refractivity (Wildman–Crippen MR) is 117 cm³/mol. The van der Waals surface area contributed by atoms with Gasteiger partial charge in [0.2, 0.25) is 5.91 Å². The Labute approximate surface area is 179 Å². The first kappa shape index (κ1) is 18.8. The monoisotopic (exact) mass is 417 g/mol. The summed E-state index contributed by atoms with van der Waals surface area (Å²) in [6.45, 7) is 1.95. The van der Waals surface area contributed by atoms with Gasteiger partial charge in [-0.3, -0.25) is 4.79 Å². The zero-order chi connectivity index (χ0) is 20.5. The molecule has 0 saturated carbocycles. The molecule has 1 saturated heterocycles. The summed E-state index contributed by atoms with van der Waals surface area (Å²) in [5.41, 5.74) is 3.91. The molecule has 0 spiro atoms. The zero-order valence-electron chi connectivity index (χ0n) is 16.3. The number of carbonyl (C=O) groups is 1. The minimum atomic E-state index is 0.199. The van der Waals surface area contributed by atoms with Gasteiger partial charge in [0.25, 0.3) is 0 Å². The van der Waals surface area contributed by atoms with Crippen LogP contribution in [0, 0.1) is 0 Å². The molecule has 0 atom stereocenters. The van der Waals surface area contributed by atoms with E-state index in [2.05, 4.69) is 10.2 Å². The van der Waals surface area contributed by atoms with Gasteiger partial charge < -0.3 is 4.90 Å². The minimum absolute atomic E-state index is 0.199. The van der Waals surface area contributed by atoms with Gasteiger partial charge in [-0.2, -0.15) is 5.10 Å². The fraction of sp³-hybridized carbons (Fsp3) is 0.217. The van der Waals surface area contributed by atoms with E-state index in [4.69, 9.17) is 16.7 Å². The second-order valence-electron chi connectivity index (χ2n) is 7.35. The average Bonchev–Trinajstić information content (AvgIpc) is 3.37. The third kappa shape index (κ3) is 3.33.